The summed E-state index contributed by atoms with van der Waals surface area (Å²) in [4.78, 5) is 0. The largest absolute Gasteiger partial charge is 0.155 e. The highest BCUT2D eigenvalue weighted by Crippen LogP contribution is 2.47. The molecule has 0 aromatic rings. The summed E-state index contributed by atoms with van der Waals surface area (Å²) in [5, 5.41) is 1.86. The Bertz CT molecular complexity index is 165. The zero-order valence-electron chi connectivity index (χ0n) is 8.96. The van der Waals surface area contributed by atoms with E-state index in [9.17, 15) is 0 Å². The first-order chi connectivity index (χ1) is 6.27. The molecule has 0 aliphatic heterocycles. The summed E-state index contributed by atoms with van der Waals surface area (Å²) in [7, 11) is 0. The van der Waals surface area contributed by atoms with Crippen molar-refractivity contribution in [2.75, 3.05) is 0 Å². The molecule has 0 aromatic carbocycles. The topological polar surface area (TPSA) is 0 Å². The van der Waals surface area contributed by atoms with E-state index < -0.39 is 0 Å². The van der Waals surface area contributed by atoms with Crippen LogP contribution in [0.2, 0.25) is 0 Å². The van der Waals surface area contributed by atoms with Crippen molar-refractivity contribution in [3.8, 4) is 0 Å². The van der Waals surface area contributed by atoms with E-state index in [2.05, 4.69) is 25.6 Å². The fourth-order valence-electron chi connectivity index (χ4n) is 3.20. The highest BCUT2D eigenvalue weighted by atomic mass is 32.2. The zero-order valence-corrected chi connectivity index (χ0v) is 9.78. The fraction of sp³-hybridized carbons (Fsp3) is 1.00. The first kappa shape index (κ1) is 9.89. The maximum Gasteiger partial charge on any atom is 0.00806 e. The Morgan fingerprint density at radius 3 is 2.54 bits per heavy atom. The Hall–Kier alpha value is 0.350. The molecule has 0 spiro atoms. The SMILES string of the molecule is CC(C)SC1CCC2CCCCC21. The third-order valence-corrected chi connectivity index (χ3v) is 5.19. The summed E-state index contributed by atoms with van der Waals surface area (Å²) < 4.78 is 0. The maximum absolute atomic E-state index is 2.35. The first-order valence-electron chi connectivity index (χ1n) is 5.93. The number of thioether (sulfide) groups is 1. The van der Waals surface area contributed by atoms with Gasteiger partial charge >= 0.3 is 0 Å². The van der Waals surface area contributed by atoms with Gasteiger partial charge in [-0.2, -0.15) is 11.8 Å². The second-order valence-electron chi connectivity index (χ2n) is 5.01. The van der Waals surface area contributed by atoms with Gasteiger partial charge in [-0.15, -0.1) is 0 Å². The molecule has 1 heteroatoms. The maximum atomic E-state index is 2.35. The summed E-state index contributed by atoms with van der Waals surface area (Å²) in [5.41, 5.74) is 0. The van der Waals surface area contributed by atoms with Crippen LogP contribution in [0.25, 0.3) is 0 Å². The van der Waals surface area contributed by atoms with E-state index in [1.807, 2.05) is 0 Å². The lowest BCUT2D eigenvalue weighted by Gasteiger charge is -2.29. The number of hydrogen-bond acceptors (Lipinski definition) is 1. The Morgan fingerprint density at radius 2 is 1.77 bits per heavy atom. The lowest BCUT2D eigenvalue weighted by molar-refractivity contribution is 0.281. The zero-order chi connectivity index (χ0) is 9.26. The molecule has 13 heavy (non-hydrogen) atoms. The quantitative estimate of drug-likeness (QED) is 0.644. The molecule has 0 aromatic heterocycles. The molecular weight excluding hydrogens is 176 g/mol. The van der Waals surface area contributed by atoms with Crippen LogP contribution in [-0.2, 0) is 0 Å². The van der Waals surface area contributed by atoms with Crippen molar-refractivity contribution in [3.63, 3.8) is 0 Å². The molecule has 3 atom stereocenters. The van der Waals surface area contributed by atoms with Gasteiger partial charge in [0.25, 0.3) is 0 Å². The van der Waals surface area contributed by atoms with Crippen molar-refractivity contribution in [1.29, 1.82) is 0 Å². The molecule has 2 saturated carbocycles. The van der Waals surface area contributed by atoms with E-state index in [4.69, 9.17) is 0 Å². The molecule has 0 heterocycles. The first-order valence-corrected chi connectivity index (χ1v) is 6.87. The van der Waals surface area contributed by atoms with Crippen molar-refractivity contribution in [2.24, 2.45) is 11.8 Å². The van der Waals surface area contributed by atoms with Gasteiger partial charge in [-0.25, -0.2) is 0 Å². The summed E-state index contributed by atoms with van der Waals surface area (Å²) in [5.74, 6) is 2.21. The minimum absolute atomic E-state index is 0.839. The van der Waals surface area contributed by atoms with Gasteiger partial charge < -0.3 is 0 Å². The highest BCUT2D eigenvalue weighted by molar-refractivity contribution is 8.00. The van der Waals surface area contributed by atoms with Crippen molar-refractivity contribution < 1.29 is 0 Å². The summed E-state index contributed by atoms with van der Waals surface area (Å²) in [6.07, 6.45) is 9.15. The Morgan fingerprint density at radius 1 is 1.00 bits per heavy atom. The van der Waals surface area contributed by atoms with E-state index >= 15 is 0 Å². The predicted molar refractivity (Wildman–Crippen MR) is 61.2 cm³/mol. The predicted octanol–water partition coefficient (Wildman–Crippen LogP) is 4.10. The molecule has 0 nitrogen and oxygen atoms in total. The van der Waals surface area contributed by atoms with Crippen LogP contribution in [0.4, 0.5) is 0 Å². The van der Waals surface area contributed by atoms with E-state index in [-0.39, 0.29) is 0 Å². The van der Waals surface area contributed by atoms with Crippen LogP contribution in [0.5, 0.6) is 0 Å². The molecule has 0 N–H and O–H groups in total. The van der Waals surface area contributed by atoms with Crippen LogP contribution < -0.4 is 0 Å². The van der Waals surface area contributed by atoms with Crippen molar-refractivity contribution in [3.05, 3.63) is 0 Å². The van der Waals surface area contributed by atoms with E-state index in [0.717, 1.165) is 22.3 Å². The standard InChI is InChI=1S/C12H22S/c1-9(2)13-12-8-7-10-5-3-4-6-11(10)12/h9-12H,3-8H2,1-2H3. The minimum atomic E-state index is 0.839. The van der Waals surface area contributed by atoms with Gasteiger partial charge in [0, 0.05) is 5.25 Å². The highest BCUT2D eigenvalue weighted by Gasteiger charge is 2.37. The Labute approximate surface area is 86.9 Å². The molecule has 0 amide bonds. The van der Waals surface area contributed by atoms with Gasteiger partial charge in [-0.05, 0) is 36.3 Å². The van der Waals surface area contributed by atoms with Gasteiger partial charge in [0.05, 0.1) is 0 Å². The average molecular weight is 198 g/mol. The number of fused-ring (bicyclic) bond motifs is 1. The summed E-state index contributed by atoms with van der Waals surface area (Å²) in [6, 6.07) is 0. The van der Waals surface area contributed by atoms with Crippen LogP contribution in [-0.4, -0.2) is 10.5 Å². The fourth-order valence-corrected chi connectivity index (χ4v) is 4.73. The second kappa shape index (κ2) is 4.25. The van der Waals surface area contributed by atoms with Gasteiger partial charge in [0.1, 0.15) is 0 Å². The minimum Gasteiger partial charge on any atom is -0.155 e. The van der Waals surface area contributed by atoms with Gasteiger partial charge in [-0.3, -0.25) is 0 Å². The summed E-state index contributed by atoms with van der Waals surface area (Å²) in [6.45, 7) is 4.70. The van der Waals surface area contributed by atoms with Gasteiger partial charge in [0.2, 0.25) is 0 Å². The lowest BCUT2D eigenvalue weighted by atomic mass is 9.82. The Kier molecular flexibility index (Phi) is 3.23. The van der Waals surface area contributed by atoms with Crippen LogP contribution >= 0.6 is 11.8 Å². The second-order valence-corrected chi connectivity index (χ2v) is 6.83. The molecule has 0 bridgehead atoms. The molecular formula is C12H22S. The van der Waals surface area contributed by atoms with E-state index in [0.29, 0.717) is 0 Å². The van der Waals surface area contributed by atoms with Gasteiger partial charge in [-0.1, -0.05) is 33.1 Å². The molecule has 2 aliphatic carbocycles. The van der Waals surface area contributed by atoms with Crippen molar-refractivity contribution in [2.45, 2.75) is 62.9 Å². The third kappa shape index (κ3) is 2.23. The van der Waals surface area contributed by atoms with Crippen molar-refractivity contribution >= 4 is 11.8 Å². The molecule has 0 saturated heterocycles. The van der Waals surface area contributed by atoms with Crippen LogP contribution in [0.15, 0.2) is 0 Å². The Balaban J connectivity index is 1.91. The third-order valence-electron chi connectivity index (χ3n) is 3.71. The normalized spacial score (nSPS) is 39.5. The van der Waals surface area contributed by atoms with Crippen LogP contribution in [0, 0.1) is 11.8 Å². The lowest BCUT2D eigenvalue weighted by Crippen LogP contribution is -2.21. The van der Waals surface area contributed by atoms with Gasteiger partial charge in [0.15, 0.2) is 0 Å². The molecule has 2 rings (SSSR count). The average Bonchev–Trinajstić information content (AvgIpc) is 2.48. The molecule has 2 fully saturated rings. The van der Waals surface area contributed by atoms with Crippen molar-refractivity contribution in [1.82, 2.24) is 0 Å². The smallest absolute Gasteiger partial charge is 0.00806 e. The number of hydrogen-bond donors (Lipinski definition) is 0. The monoisotopic (exact) mass is 198 g/mol. The molecule has 3 unspecified atom stereocenters. The van der Waals surface area contributed by atoms with E-state index in [1.165, 1.54) is 32.1 Å². The molecule has 2 aliphatic rings. The number of rotatable bonds is 2. The van der Waals surface area contributed by atoms with E-state index in [1.54, 1.807) is 6.42 Å². The molecule has 0 radical (unpaired) electrons. The van der Waals surface area contributed by atoms with Crippen LogP contribution in [0.1, 0.15) is 52.4 Å². The van der Waals surface area contributed by atoms with Crippen LogP contribution in [0.3, 0.4) is 0 Å². The summed E-state index contributed by atoms with van der Waals surface area (Å²) >= 11 is 2.25. The molecule has 76 valence electrons.